The summed E-state index contributed by atoms with van der Waals surface area (Å²) in [6, 6.07) is 38.5. The number of phenols is 1. The molecule has 0 aliphatic rings. The van der Waals surface area contributed by atoms with E-state index in [1.807, 2.05) is 6.07 Å². The first-order valence-electron chi connectivity index (χ1n) is 21.9. The quantitative estimate of drug-likeness (QED) is 0.176. The molecule has 0 amide bonds. The maximum Gasteiger partial charge on any atom is 0.200 e. The van der Waals surface area contributed by atoms with Crippen LogP contribution in [0, 0.1) is 6.57 Å². The number of para-hydroxylation sites is 2. The largest absolute Gasteiger partial charge is 0.507 e. The smallest absolute Gasteiger partial charge is 0.200 e. The van der Waals surface area contributed by atoms with E-state index in [4.69, 9.17) is 16.5 Å². The number of imidazole rings is 1. The number of pyridine rings is 1. The summed E-state index contributed by atoms with van der Waals surface area (Å²) in [7, 11) is 0. The molecule has 7 aromatic rings. The van der Waals surface area contributed by atoms with E-state index in [0.717, 1.165) is 67.1 Å². The zero-order chi connectivity index (χ0) is 45.3. The van der Waals surface area contributed by atoms with Crippen LogP contribution in [0.4, 0.5) is 5.69 Å². The molecule has 2 aromatic heterocycles. The molecule has 0 saturated heterocycles. The molecular weight excluding hydrogens is 757 g/mol. The molecule has 0 spiro atoms. The summed E-state index contributed by atoms with van der Waals surface area (Å²) in [5, 5.41) is 12.1. The summed E-state index contributed by atoms with van der Waals surface area (Å²) < 4.78 is 2.29. The monoisotopic (exact) mass is 821 g/mol. The number of aromatic nitrogens is 3. The van der Waals surface area contributed by atoms with Gasteiger partial charge in [-0.25, -0.2) is 14.8 Å². The van der Waals surface area contributed by atoms with Crippen molar-refractivity contribution < 1.29 is 5.11 Å². The van der Waals surface area contributed by atoms with Crippen LogP contribution in [-0.2, 0) is 27.1 Å². The molecule has 0 unspecified atom stereocenters. The van der Waals surface area contributed by atoms with Crippen LogP contribution in [-0.4, -0.2) is 19.6 Å². The number of hydrogen-bond acceptors (Lipinski definition) is 3. The van der Waals surface area contributed by atoms with Gasteiger partial charge in [-0.15, -0.1) is 0 Å². The van der Waals surface area contributed by atoms with Crippen molar-refractivity contribution in [1.29, 1.82) is 0 Å². The second-order valence-corrected chi connectivity index (χ2v) is 22.2. The number of phenolic OH excluding ortho intramolecular Hbond substituents is 1. The molecule has 0 atom stereocenters. The van der Waals surface area contributed by atoms with Gasteiger partial charge in [-0.2, -0.15) is 0 Å². The fraction of sp³-hybridized carbons (Fsp3) is 0.351. The summed E-state index contributed by atoms with van der Waals surface area (Å²) in [5.41, 5.74) is 13.5. The molecule has 0 fully saturated rings. The predicted octanol–water partition coefficient (Wildman–Crippen LogP) is 15.8. The number of benzene rings is 5. The first-order valence-corrected chi connectivity index (χ1v) is 21.9. The van der Waals surface area contributed by atoms with E-state index in [1.54, 1.807) is 0 Å². The van der Waals surface area contributed by atoms with Gasteiger partial charge >= 0.3 is 0 Å². The van der Waals surface area contributed by atoms with E-state index in [9.17, 15) is 5.11 Å². The van der Waals surface area contributed by atoms with Crippen molar-refractivity contribution in [2.45, 2.75) is 131 Å². The highest BCUT2D eigenvalue weighted by Gasteiger charge is 2.30. The Bertz CT molecular complexity index is 2870. The number of hydrogen-bond donors (Lipinski definition) is 1. The standard InChI is InChI=1S/C57H64N4O/c1-53(2,3)37-26-27-48(40(30-37)35-22-18-17-19-23-35)61-49-25-21-20-24-45(49)60-52(61)36-28-41(50(58-16)43(29-36)56(10,11)12)46-33-39(55(7,8)9)34-47(59-46)42-31-38(54(4,5)6)32-44(51(42)62)57(13,14)15/h17-34,62H,1-15H3. The average molecular weight is 821 g/mol. The van der Waals surface area contributed by atoms with E-state index in [1.165, 1.54) is 5.56 Å². The van der Waals surface area contributed by atoms with Crippen molar-refractivity contribution in [2.24, 2.45) is 0 Å². The first-order chi connectivity index (χ1) is 28.8. The van der Waals surface area contributed by atoms with Gasteiger partial charge in [0.2, 0.25) is 0 Å². The summed E-state index contributed by atoms with van der Waals surface area (Å²) in [6.07, 6.45) is 0. The Morgan fingerprint density at radius 3 is 1.61 bits per heavy atom. The van der Waals surface area contributed by atoms with Crippen LogP contribution in [0.1, 0.15) is 132 Å². The minimum atomic E-state index is -0.392. The third-order valence-corrected chi connectivity index (χ3v) is 12.1. The molecule has 0 aliphatic heterocycles. The molecular formula is C57H64N4O. The topological polar surface area (TPSA) is 55.3 Å². The lowest BCUT2D eigenvalue weighted by atomic mass is 9.78. The molecule has 0 saturated carbocycles. The highest BCUT2D eigenvalue weighted by molar-refractivity contribution is 5.91. The number of fused-ring (bicyclic) bond motifs is 1. The Kier molecular flexibility index (Phi) is 11.0. The van der Waals surface area contributed by atoms with Gasteiger partial charge in [0, 0.05) is 27.8 Å². The third-order valence-electron chi connectivity index (χ3n) is 12.1. The SMILES string of the molecule is [C-]#[N+]c1c(-c2cc(C(C)(C)C)cc(-c3cc(C(C)(C)C)cc(C(C)(C)C)c3O)n2)cc(-c2nc3ccccc3n2-c2ccc(C(C)(C)C)cc2-c2ccccc2)cc1C(C)(C)C. The van der Waals surface area contributed by atoms with E-state index in [0.29, 0.717) is 22.6 Å². The van der Waals surface area contributed by atoms with Crippen molar-refractivity contribution in [3.63, 3.8) is 0 Å². The molecule has 2 heterocycles. The summed E-state index contributed by atoms with van der Waals surface area (Å²) >= 11 is 0. The van der Waals surface area contributed by atoms with Crippen LogP contribution in [0.25, 0.3) is 66.6 Å². The molecule has 0 radical (unpaired) electrons. The number of nitrogens with zero attached hydrogens (tertiary/aromatic N) is 4. The molecule has 0 aliphatic carbocycles. The highest BCUT2D eigenvalue weighted by Crippen LogP contribution is 2.47. The highest BCUT2D eigenvalue weighted by atomic mass is 16.3. The summed E-state index contributed by atoms with van der Waals surface area (Å²) in [5.74, 6) is 1.03. The van der Waals surface area contributed by atoms with Crippen molar-refractivity contribution in [3.8, 4) is 56.5 Å². The molecule has 0 bridgehead atoms. The lowest BCUT2D eigenvalue weighted by Crippen LogP contribution is -2.17. The predicted molar refractivity (Wildman–Crippen MR) is 262 cm³/mol. The molecule has 5 nitrogen and oxygen atoms in total. The van der Waals surface area contributed by atoms with Gasteiger partial charge in [-0.3, -0.25) is 4.57 Å². The summed E-state index contributed by atoms with van der Waals surface area (Å²) in [4.78, 5) is 15.1. The average Bonchev–Trinajstić information content (AvgIpc) is 3.58. The van der Waals surface area contributed by atoms with Crippen molar-refractivity contribution in [1.82, 2.24) is 14.5 Å². The Morgan fingerprint density at radius 1 is 0.484 bits per heavy atom. The lowest BCUT2D eigenvalue weighted by molar-refractivity contribution is 0.446. The fourth-order valence-electron chi connectivity index (χ4n) is 8.23. The van der Waals surface area contributed by atoms with Crippen molar-refractivity contribution >= 4 is 16.7 Å². The molecule has 62 heavy (non-hydrogen) atoms. The maximum atomic E-state index is 12.1. The fourth-order valence-corrected chi connectivity index (χ4v) is 8.23. The molecule has 5 aromatic carbocycles. The Morgan fingerprint density at radius 2 is 1.03 bits per heavy atom. The van der Waals surface area contributed by atoms with E-state index < -0.39 is 5.41 Å². The van der Waals surface area contributed by atoms with E-state index >= 15 is 0 Å². The van der Waals surface area contributed by atoms with Gasteiger partial charge in [-0.05, 0) is 97.4 Å². The maximum absolute atomic E-state index is 12.1. The number of aromatic hydroxyl groups is 1. The third kappa shape index (κ3) is 8.45. The van der Waals surface area contributed by atoms with Crippen LogP contribution in [0.15, 0.2) is 109 Å². The van der Waals surface area contributed by atoms with E-state index in [-0.39, 0.29) is 27.4 Å². The van der Waals surface area contributed by atoms with Crippen molar-refractivity contribution in [3.05, 3.63) is 148 Å². The molecule has 7 rings (SSSR count). The van der Waals surface area contributed by atoms with Gasteiger partial charge in [0.05, 0.1) is 34.7 Å². The van der Waals surface area contributed by atoms with Crippen LogP contribution in [0.5, 0.6) is 5.75 Å². The van der Waals surface area contributed by atoms with Crippen LogP contribution in [0.3, 0.4) is 0 Å². The Hall–Kier alpha value is -5.99. The van der Waals surface area contributed by atoms with Gasteiger partial charge in [0.15, 0.2) is 5.69 Å². The van der Waals surface area contributed by atoms with Crippen molar-refractivity contribution in [2.75, 3.05) is 0 Å². The second-order valence-electron chi connectivity index (χ2n) is 22.2. The van der Waals surface area contributed by atoms with Gasteiger partial charge < -0.3 is 5.11 Å². The molecule has 318 valence electrons. The zero-order valence-electron chi connectivity index (χ0n) is 39.6. The van der Waals surface area contributed by atoms with Crippen LogP contribution >= 0.6 is 0 Å². The van der Waals surface area contributed by atoms with Crippen LogP contribution in [0.2, 0.25) is 0 Å². The van der Waals surface area contributed by atoms with Gasteiger partial charge in [0.25, 0.3) is 0 Å². The summed E-state index contributed by atoms with van der Waals surface area (Å²) in [6.45, 7) is 41.6. The van der Waals surface area contributed by atoms with Gasteiger partial charge in [0.1, 0.15) is 11.6 Å². The second kappa shape index (κ2) is 15.4. The van der Waals surface area contributed by atoms with E-state index in [2.05, 4.69) is 216 Å². The minimum Gasteiger partial charge on any atom is -0.507 e. The molecule has 5 heteroatoms. The number of rotatable bonds is 5. The van der Waals surface area contributed by atoms with Crippen LogP contribution < -0.4 is 0 Å². The Labute approximate surface area is 370 Å². The van der Waals surface area contributed by atoms with Gasteiger partial charge in [-0.1, -0.05) is 171 Å². The minimum absolute atomic E-state index is 0.0550. The zero-order valence-corrected chi connectivity index (χ0v) is 39.6. The lowest BCUT2D eigenvalue weighted by Gasteiger charge is -2.28. The first kappa shape index (κ1) is 44.1. The molecule has 1 N–H and O–H groups in total. The Balaban J connectivity index is 1.58. The normalized spacial score (nSPS) is 12.8.